The van der Waals surface area contributed by atoms with Gasteiger partial charge < -0.3 is 5.32 Å². The molecule has 1 saturated heterocycles. The van der Waals surface area contributed by atoms with Crippen molar-refractivity contribution in [1.82, 2.24) is 9.29 Å². The molecular formula is C16H20N4O4S2. The van der Waals surface area contributed by atoms with Crippen LogP contribution in [-0.2, 0) is 16.6 Å². The molecule has 1 aromatic carbocycles. The van der Waals surface area contributed by atoms with Gasteiger partial charge >= 0.3 is 0 Å². The number of sulfonamides is 1. The molecule has 0 spiro atoms. The molecule has 1 aliphatic heterocycles. The average Bonchev–Trinajstić information content (AvgIpc) is 3.05. The van der Waals surface area contributed by atoms with E-state index >= 15 is 0 Å². The van der Waals surface area contributed by atoms with E-state index < -0.39 is 14.9 Å². The number of aryl methyl sites for hydroxylation is 1. The summed E-state index contributed by atoms with van der Waals surface area (Å²) in [7, 11) is -3.71. The molecule has 1 fully saturated rings. The summed E-state index contributed by atoms with van der Waals surface area (Å²) in [5.74, 6) is 0. The number of piperidine rings is 1. The summed E-state index contributed by atoms with van der Waals surface area (Å²) in [5, 5.41) is 14.5. The normalized spacial score (nSPS) is 15.7. The second-order valence-electron chi connectivity index (χ2n) is 6.12. The fourth-order valence-corrected chi connectivity index (χ4v) is 5.15. The zero-order valence-electron chi connectivity index (χ0n) is 14.3. The smallest absolute Gasteiger partial charge is 0.293 e. The summed E-state index contributed by atoms with van der Waals surface area (Å²) in [5.41, 5.74) is 2.63. The van der Waals surface area contributed by atoms with E-state index in [4.69, 9.17) is 0 Å². The number of nitro benzene ring substituents is 1. The number of benzene rings is 1. The molecule has 1 N–H and O–H groups in total. The van der Waals surface area contributed by atoms with E-state index in [2.05, 4.69) is 10.3 Å². The molecular weight excluding hydrogens is 376 g/mol. The van der Waals surface area contributed by atoms with Gasteiger partial charge in [0.25, 0.3) is 5.69 Å². The van der Waals surface area contributed by atoms with Crippen LogP contribution in [0.2, 0.25) is 0 Å². The molecule has 10 heteroatoms. The fourth-order valence-electron chi connectivity index (χ4n) is 2.90. The second kappa shape index (κ2) is 7.68. The van der Waals surface area contributed by atoms with E-state index in [9.17, 15) is 18.5 Å². The molecule has 8 nitrogen and oxygen atoms in total. The van der Waals surface area contributed by atoms with Crippen molar-refractivity contribution in [1.29, 1.82) is 0 Å². The Balaban J connectivity index is 1.86. The highest BCUT2D eigenvalue weighted by Crippen LogP contribution is 2.30. The number of nitrogens with zero attached hydrogens (tertiary/aromatic N) is 3. The largest absolute Gasteiger partial charge is 0.375 e. The van der Waals surface area contributed by atoms with E-state index in [0.717, 1.165) is 35.9 Å². The lowest BCUT2D eigenvalue weighted by Gasteiger charge is -2.25. The van der Waals surface area contributed by atoms with E-state index in [1.54, 1.807) is 5.51 Å². The van der Waals surface area contributed by atoms with Gasteiger partial charge in [0.15, 0.2) is 0 Å². The van der Waals surface area contributed by atoms with Crippen LogP contribution in [0.4, 0.5) is 11.4 Å². The van der Waals surface area contributed by atoms with E-state index in [1.807, 2.05) is 6.92 Å². The zero-order chi connectivity index (χ0) is 18.7. The molecule has 0 atom stereocenters. The molecule has 0 bridgehead atoms. The molecule has 140 valence electrons. The number of aromatic nitrogens is 1. The molecule has 0 aliphatic carbocycles. The number of nitro groups is 1. The maximum Gasteiger partial charge on any atom is 0.293 e. The molecule has 0 unspecified atom stereocenters. The highest BCUT2D eigenvalue weighted by atomic mass is 32.2. The summed E-state index contributed by atoms with van der Waals surface area (Å²) < 4.78 is 26.9. The quantitative estimate of drug-likeness (QED) is 0.594. The minimum absolute atomic E-state index is 0.0365. The Bertz CT molecular complexity index is 905. The van der Waals surface area contributed by atoms with Crippen molar-refractivity contribution >= 4 is 32.7 Å². The molecule has 0 radical (unpaired) electrons. The molecule has 0 amide bonds. The first-order chi connectivity index (χ1) is 12.4. The van der Waals surface area contributed by atoms with Crippen LogP contribution in [0.5, 0.6) is 0 Å². The minimum Gasteiger partial charge on any atom is -0.375 e. The van der Waals surface area contributed by atoms with Crippen LogP contribution in [0.25, 0.3) is 0 Å². The van der Waals surface area contributed by atoms with Gasteiger partial charge in [-0.3, -0.25) is 10.1 Å². The van der Waals surface area contributed by atoms with Crippen LogP contribution in [0, 0.1) is 17.0 Å². The van der Waals surface area contributed by atoms with Crippen molar-refractivity contribution in [2.75, 3.05) is 18.4 Å². The first kappa shape index (κ1) is 18.7. The van der Waals surface area contributed by atoms with Gasteiger partial charge in [-0.25, -0.2) is 13.4 Å². The van der Waals surface area contributed by atoms with Crippen molar-refractivity contribution in [2.24, 2.45) is 0 Å². The Morgan fingerprint density at radius 1 is 1.31 bits per heavy atom. The van der Waals surface area contributed by atoms with Gasteiger partial charge in [-0.1, -0.05) is 6.42 Å². The number of anilines is 1. The van der Waals surface area contributed by atoms with Crippen LogP contribution in [-0.4, -0.2) is 35.7 Å². The zero-order valence-corrected chi connectivity index (χ0v) is 16.0. The van der Waals surface area contributed by atoms with Crippen molar-refractivity contribution in [3.05, 3.63) is 44.4 Å². The third-order valence-corrected chi connectivity index (χ3v) is 7.23. The molecule has 1 aromatic heterocycles. The Hall–Kier alpha value is -2.04. The first-order valence-electron chi connectivity index (χ1n) is 8.31. The Morgan fingerprint density at radius 2 is 2.04 bits per heavy atom. The Labute approximate surface area is 156 Å². The molecule has 3 rings (SSSR count). The molecule has 2 heterocycles. The van der Waals surface area contributed by atoms with Crippen molar-refractivity contribution < 1.29 is 13.3 Å². The maximum absolute atomic E-state index is 12.7. The first-order valence-corrected chi connectivity index (χ1v) is 10.6. The highest BCUT2D eigenvalue weighted by Gasteiger charge is 2.28. The third kappa shape index (κ3) is 3.87. The standard InChI is InChI=1S/C16H20N4O4S2/c1-12-16(25-11-18-12)10-17-14-6-5-13(9-15(14)20(21)22)26(23,24)19-7-3-2-4-8-19/h5-6,9,11,17H,2-4,7-8,10H2,1H3. The van der Waals surface area contributed by atoms with Crippen molar-refractivity contribution in [2.45, 2.75) is 37.6 Å². The van der Waals surface area contributed by atoms with E-state index in [0.29, 0.717) is 25.3 Å². The van der Waals surface area contributed by atoms with Crippen LogP contribution in [0.1, 0.15) is 29.8 Å². The highest BCUT2D eigenvalue weighted by molar-refractivity contribution is 7.89. The number of hydrogen-bond donors (Lipinski definition) is 1. The lowest BCUT2D eigenvalue weighted by Crippen LogP contribution is -2.35. The summed E-state index contributed by atoms with van der Waals surface area (Å²) >= 11 is 1.46. The lowest BCUT2D eigenvalue weighted by atomic mass is 10.2. The number of nitrogens with one attached hydrogen (secondary N) is 1. The topological polar surface area (TPSA) is 105 Å². The number of hydrogen-bond acceptors (Lipinski definition) is 7. The average molecular weight is 396 g/mol. The predicted molar refractivity (Wildman–Crippen MR) is 99.9 cm³/mol. The summed E-state index contributed by atoms with van der Waals surface area (Å²) in [6.45, 7) is 3.19. The van der Waals surface area contributed by atoms with Crippen LogP contribution in [0.15, 0.2) is 28.6 Å². The number of rotatable bonds is 6. The molecule has 1 aliphatic rings. The van der Waals surface area contributed by atoms with E-state index in [1.165, 1.54) is 27.8 Å². The minimum atomic E-state index is -3.71. The van der Waals surface area contributed by atoms with Crippen LogP contribution < -0.4 is 5.32 Å². The molecule has 0 saturated carbocycles. The summed E-state index contributed by atoms with van der Waals surface area (Å²) in [4.78, 5) is 16.0. The van der Waals surface area contributed by atoms with Gasteiger partial charge in [0.1, 0.15) is 5.69 Å². The van der Waals surface area contributed by atoms with Crippen LogP contribution >= 0.6 is 11.3 Å². The number of thiazole rings is 1. The predicted octanol–water partition coefficient (Wildman–Crippen LogP) is 3.15. The SMILES string of the molecule is Cc1ncsc1CNc1ccc(S(=O)(=O)N2CCCCC2)cc1[N+](=O)[O-]. The maximum atomic E-state index is 12.7. The van der Waals surface area contributed by atoms with Gasteiger partial charge in [0.05, 0.1) is 27.6 Å². The van der Waals surface area contributed by atoms with Crippen LogP contribution in [0.3, 0.4) is 0 Å². The molecule has 26 heavy (non-hydrogen) atoms. The Morgan fingerprint density at radius 3 is 2.65 bits per heavy atom. The van der Waals surface area contributed by atoms with Crippen molar-refractivity contribution in [3.8, 4) is 0 Å². The second-order valence-corrected chi connectivity index (χ2v) is 8.99. The fraction of sp³-hybridized carbons (Fsp3) is 0.438. The lowest BCUT2D eigenvalue weighted by molar-refractivity contribution is -0.384. The van der Waals surface area contributed by atoms with Gasteiger partial charge in [-0.2, -0.15) is 4.31 Å². The Kier molecular flexibility index (Phi) is 5.54. The monoisotopic (exact) mass is 396 g/mol. The summed E-state index contributed by atoms with van der Waals surface area (Å²) in [6, 6.07) is 4.04. The van der Waals surface area contributed by atoms with E-state index in [-0.39, 0.29) is 10.6 Å². The van der Waals surface area contributed by atoms with Crippen molar-refractivity contribution in [3.63, 3.8) is 0 Å². The third-order valence-electron chi connectivity index (χ3n) is 4.40. The molecule has 2 aromatic rings. The van der Waals surface area contributed by atoms with Gasteiger partial charge in [-0.05, 0) is 31.9 Å². The summed E-state index contributed by atoms with van der Waals surface area (Å²) in [6.07, 6.45) is 2.64. The van der Waals surface area contributed by atoms with Gasteiger partial charge in [0.2, 0.25) is 10.0 Å². The van der Waals surface area contributed by atoms with Gasteiger partial charge in [0, 0.05) is 24.0 Å². The van der Waals surface area contributed by atoms with Gasteiger partial charge in [-0.15, -0.1) is 11.3 Å².